The van der Waals surface area contributed by atoms with Crippen molar-refractivity contribution in [2.75, 3.05) is 45.7 Å². The number of ether oxygens (including phenoxy) is 2. The van der Waals surface area contributed by atoms with E-state index in [1.807, 2.05) is 25.2 Å². The van der Waals surface area contributed by atoms with Crippen LogP contribution in [0.5, 0.6) is 11.5 Å². The van der Waals surface area contributed by atoms with Crippen LogP contribution in [-0.4, -0.2) is 63.8 Å². The molecule has 2 saturated heterocycles. The first-order valence-corrected chi connectivity index (χ1v) is 9.67. The summed E-state index contributed by atoms with van der Waals surface area (Å²) in [4.78, 5) is 2.50. The standard InChI is InChI=1S/C19H33N5O2/c1-14(24-10-4-11-24)8-12-26-17-13-15(5-6-16(17)25-3)22-19-21-9-7-18(20-2)23-19/h5-6,13-14,18-23H,4,7-12H2,1-3H3. The van der Waals surface area contributed by atoms with Gasteiger partial charge < -0.3 is 25.0 Å². The Morgan fingerprint density at radius 1 is 1.31 bits per heavy atom. The number of nitrogens with zero attached hydrogens (tertiary/aromatic N) is 1. The molecule has 0 spiro atoms. The Balaban J connectivity index is 1.55. The van der Waals surface area contributed by atoms with E-state index in [0.29, 0.717) is 18.8 Å². The van der Waals surface area contributed by atoms with E-state index >= 15 is 0 Å². The van der Waals surface area contributed by atoms with Crippen LogP contribution in [-0.2, 0) is 0 Å². The van der Waals surface area contributed by atoms with Crippen LogP contribution < -0.4 is 30.7 Å². The Hall–Kier alpha value is -1.54. The summed E-state index contributed by atoms with van der Waals surface area (Å²) in [6.07, 6.45) is 3.74. The van der Waals surface area contributed by atoms with Crippen molar-refractivity contribution in [3.05, 3.63) is 18.2 Å². The van der Waals surface area contributed by atoms with E-state index in [4.69, 9.17) is 9.47 Å². The lowest BCUT2D eigenvalue weighted by atomic mass is 10.1. The van der Waals surface area contributed by atoms with E-state index in [1.54, 1.807) is 7.11 Å². The predicted molar refractivity (Wildman–Crippen MR) is 105 cm³/mol. The van der Waals surface area contributed by atoms with Gasteiger partial charge in [0.25, 0.3) is 0 Å². The number of anilines is 1. The Bertz CT molecular complexity index is 567. The molecule has 7 heteroatoms. The molecule has 1 aromatic carbocycles. The minimum Gasteiger partial charge on any atom is -0.493 e. The van der Waals surface area contributed by atoms with Crippen LogP contribution in [0.1, 0.15) is 26.2 Å². The van der Waals surface area contributed by atoms with Crippen LogP contribution in [0.15, 0.2) is 18.2 Å². The van der Waals surface area contributed by atoms with Gasteiger partial charge in [0.2, 0.25) is 0 Å². The fourth-order valence-electron chi connectivity index (χ4n) is 3.39. The average Bonchev–Trinajstić information content (AvgIpc) is 2.60. The van der Waals surface area contributed by atoms with Gasteiger partial charge in [-0.25, -0.2) is 0 Å². The molecule has 146 valence electrons. The smallest absolute Gasteiger partial charge is 0.163 e. The third kappa shape index (κ3) is 5.01. The highest BCUT2D eigenvalue weighted by molar-refractivity contribution is 5.55. The molecular formula is C19H33N5O2. The Labute approximate surface area is 156 Å². The third-order valence-corrected chi connectivity index (χ3v) is 5.28. The van der Waals surface area contributed by atoms with Gasteiger partial charge in [-0.2, -0.15) is 0 Å². The number of methoxy groups -OCH3 is 1. The van der Waals surface area contributed by atoms with Crippen LogP contribution in [0.4, 0.5) is 5.69 Å². The van der Waals surface area contributed by atoms with Crippen molar-refractivity contribution in [3.8, 4) is 11.5 Å². The van der Waals surface area contributed by atoms with Crippen molar-refractivity contribution in [1.29, 1.82) is 0 Å². The van der Waals surface area contributed by atoms with Crippen molar-refractivity contribution < 1.29 is 9.47 Å². The molecular weight excluding hydrogens is 330 g/mol. The zero-order chi connectivity index (χ0) is 18.4. The molecule has 0 radical (unpaired) electrons. The van der Waals surface area contributed by atoms with Crippen molar-refractivity contribution in [3.63, 3.8) is 0 Å². The number of likely N-dealkylation sites (tertiary alicyclic amines) is 1. The first kappa shape index (κ1) is 19.2. The molecule has 1 aromatic rings. The molecule has 2 aliphatic heterocycles. The summed E-state index contributed by atoms with van der Waals surface area (Å²) in [5.74, 6) is 1.55. The molecule has 0 aromatic heterocycles. The molecule has 3 atom stereocenters. The summed E-state index contributed by atoms with van der Waals surface area (Å²) in [5, 5.41) is 13.6. The highest BCUT2D eigenvalue weighted by Crippen LogP contribution is 2.30. The monoisotopic (exact) mass is 363 g/mol. The summed E-state index contributed by atoms with van der Waals surface area (Å²) in [6.45, 7) is 6.37. The Morgan fingerprint density at radius 2 is 2.15 bits per heavy atom. The van der Waals surface area contributed by atoms with Gasteiger partial charge >= 0.3 is 0 Å². The maximum Gasteiger partial charge on any atom is 0.163 e. The molecule has 2 fully saturated rings. The number of rotatable bonds is 9. The first-order valence-electron chi connectivity index (χ1n) is 9.67. The highest BCUT2D eigenvalue weighted by atomic mass is 16.5. The van der Waals surface area contributed by atoms with Crippen molar-refractivity contribution in [1.82, 2.24) is 20.9 Å². The summed E-state index contributed by atoms with van der Waals surface area (Å²) in [5.41, 5.74) is 0.998. The largest absolute Gasteiger partial charge is 0.493 e. The van der Waals surface area contributed by atoms with Crippen LogP contribution in [0.2, 0.25) is 0 Å². The third-order valence-electron chi connectivity index (χ3n) is 5.28. The maximum absolute atomic E-state index is 6.04. The van der Waals surface area contributed by atoms with Gasteiger partial charge in [-0.05, 0) is 58.5 Å². The lowest BCUT2D eigenvalue weighted by molar-refractivity contribution is 0.109. The molecule has 2 heterocycles. The van der Waals surface area contributed by atoms with Crippen LogP contribution in [0, 0.1) is 0 Å². The van der Waals surface area contributed by atoms with Gasteiger partial charge in [0.15, 0.2) is 11.5 Å². The lowest BCUT2D eigenvalue weighted by Gasteiger charge is -2.36. The number of nitrogens with one attached hydrogen (secondary N) is 4. The Kier molecular flexibility index (Phi) is 6.96. The van der Waals surface area contributed by atoms with Gasteiger partial charge in [-0.15, -0.1) is 0 Å². The topological polar surface area (TPSA) is 69.8 Å². The van der Waals surface area contributed by atoms with Crippen LogP contribution in [0.25, 0.3) is 0 Å². The number of hydrogen-bond acceptors (Lipinski definition) is 7. The van der Waals surface area contributed by atoms with E-state index in [1.165, 1.54) is 19.5 Å². The first-order chi connectivity index (χ1) is 12.7. The average molecular weight is 364 g/mol. The van der Waals surface area contributed by atoms with Crippen molar-refractivity contribution >= 4 is 5.69 Å². The lowest BCUT2D eigenvalue weighted by Crippen LogP contribution is -2.61. The molecule has 7 nitrogen and oxygen atoms in total. The zero-order valence-corrected chi connectivity index (χ0v) is 16.2. The van der Waals surface area contributed by atoms with E-state index < -0.39 is 0 Å². The minimum absolute atomic E-state index is 0.0221. The SMILES string of the molecule is CNC1CCNC(Nc2ccc(OC)c(OCCC(C)N3CCC3)c2)N1. The molecule has 4 N–H and O–H groups in total. The normalized spacial score (nSPS) is 24.6. The summed E-state index contributed by atoms with van der Waals surface area (Å²) in [7, 11) is 3.65. The number of hydrogen-bond donors (Lipinski definition) is 4. The zero-order valence-electron chi connectivity index (χ0n) is 16.2. The van der Waals surface area contributed by atoms with Crippen molar-refractivity contribution in [2.45, 2.75) is 44.7 Å². The van der Waals surface area contributed by atoms with Gasteiger partial charge in [0.05, 0.1) is 19.9 Å². The predicted octanol–water partition coefficient (Wildman–Crippen LogP) is 1.38. The van der Waals surface area contributed by atoms with Gasteiger partial charge in [-0.3, -0.25) is 10.6 Å². The second kappa shape index (κ2) is 9.41. The fraction of sp³-hybridized carbons (Fsp3) is 0.684. The van der Waals surface area contributed by atoms with Gasteiger partial charge in [0.1, 0.15) is 6.29 Å². The molecule has 0 saturated carbocycles. The quantitative estimate of drug-likeness (QED) is 0.528. The minimum atomic E-state index is 0.0221. The van der Waals surface area contributed by atoms with Crippen molar-refractivity contribution in [2.24, 2.45) is 0 Å². The van der Waals surface area contributed by atoms with Gasteiger partial charge in [0, 0.05) is 24.3 Å². The Morgan fingerprint density at radius 3 is 2.85 bits per heavy atom. The van der Waals surface area contributed by atoms with E-state index in [-0.39, 0.29) is 6.29 Å². The molecule has 2 aliphatic rings. The van der Waals surface area contributed by atoms with E-state index in [9.17, 15) is 0 Å². The molecule has 26 heavy (non-hydrogen) atoms. The molecule has 0 amide bonds. The molecule has 0 bridgehead atoms. The molecule has 3 unspecified atom stereocenters. The second-order valence-electron chi connectivity index (χ2n) is 7.07. The van der Waals surface area contributed by atoms with E-state index in [0.717, 1.165) is 36.6 Å². The molecule has 3 rings (SSSR count). The summed E-state index contributed by atoms with van der Waals surface area (Å²) < 4.78 is 11.5. The second-order valence-corrected chi connectivity index (χ2v) is 7.07. The maximum atomic E-state index is 6.04. The van der Waals surface area contributed by atoms with Crippen LogP contribution >= 0.6 is 0 Å². The highest BCUT2D eigenvalue weighted by Gasteiger charge is 2.21. The van der Waals surface area contributed by atoms with Crippen LogP contribution in [0.3, 0.4) is 0 Å². The fourth-order valence-corrected chi connectivity index (χ4v) is 3.39. The van der Waals surface area contributed by atoms with E-state index in [2.05, 4.69) is 33.1 Å². The van der Waals surface area contributed by atoms with Gasteiger partial charge in [-0.1, -0.05) is 0 Å². The number of benzene rings is 1. The molecule has 0 aliphatic carbocycles. The summed E-state index contributed by atoms with van der Waals surface area (Å²) >= 11 is 0. The summed E-state index contributed by atoms with van der Waals surface area (Å²) in [6, 6.07) is 6.56.